The highest BCUT2D eigenvalue weighted by Crippen LogP contribution is 2.20. The van der Waals surface area contributed by atoms with Gasteiger partial charge in [-0.15, -0.1) is 11.8 Å². The zero-order valence-corrected chi connectivity index (χ0v) is 14.4. The molecule has 0 bridgehead atoms. The van der Waals surface area contributed by atoms with E-state index in [-0.39, 0.29) is 12.0 Å². The van der Waals surface area contributed by atoms with Crippen LogP contribution in [-0.2, 0) is 10.5 Å². The lowest BCUT2D eigenvalue weighted by Gasteiger charge is -2.22. The Hall–Kier alpha value is -1.85. The molecule has 1 saturated heterocycles. The van der Waals surface area contributed by atoms with E-state index in [1.54, 1.807) is 18.0 Å². The maximum Gasteiger partial charge on any atom is 0.251 e. The predicted octanol–water partition coefficient (Wildman–Crippen LogP) is 3.67. The summed E-state index contributed by atoms with van der Waals surface area (Å²) in [6.07, 6.45) is 5.30. The molecule has 1 aromatic heterocycles. The lowest BCUT2D eigenvalue weighted by molar-refractivity contribution is 0.0169. The lowest BCUT2D eigenvalue weighted by Crippen LogP contribution is -2.35. The van der Waals surface area contributed by atoms with Gasteiger partial charge in [-0.05, 0) is 49.1 Å². The van der Waals surface area contributed by atoms with Crippen LogP contribution in [0, 0.1) is 0 Å². The summed E-state index contributed by atoms with van der Waals surface area (Å²) in [5.41, 5.74) is 1.87. The summed E-state index contributed by atoms with van der Waals surface area (Å²) in [5.74, 6) is 0.808. The Kier molecular flexibility index (Phi) is 6.26. The van der Waals surface area contributed by atoms with Crippen molar-refractivity contribution < 1.29 is 9.53 Å². The van der Waals surface area contributed by atoms with E-state index < -0.39 is 0 Å². The molecule has 2 aromatic rings. The molecule has 1 fully saturated rings. The highest BCUT2D eigenvalue weighted by Gasteiger charge is 2.15. The van der Waals surface area contributed by atoms with Gasteiger partial charge in [-0.2, -0.15) is 0 Å². The monoisotopic (exact) mass is 342 g/mol. The van der Waals surface area contributed by atoms with Gasteiger partial charge in [0.25, 0.3) is 5.91 Å². The molecule has 0 saturated carbocycles. The maximum absolute atomic E-state index is 12.2. The van der Waals surface area contributed by atoms with Crippen LogP contribution in [0.3, 0.4) is 0 Å². The average Bonchev–Trinajstić information content (AvgIpc) is 2.66. The van der Waals surface area contributed by atoms with E-state index in [1.165, 1.54) is 12.0 Å². The number of hydrogen-bond donors (Lipinski definition) is 1. The van der Waals surface area contributed by atoms with Crippen LogP contribution in [0.15, 0.2) is 53.7 Å². The summed E-state index contributed by atoms with van der Waals surface area (Å²) in [6, 6.07) is 13.7. The van der Waals surface area contributed by atoms with Crippen molar-refractivity contribution in [3.8, 4) is 0 Å². The van der Waals surface area contributed by atoms with Crippen LogP contribution in [0.25, 0.3) is 0 Å². The number of carbonyl (C=O) groups excluding carboxylic acids is 1. The molecular formula is C19H22N2O2S. The summed E-state index contributed by atoms with van der Waals surface area (Å²) >= 11 is 1.69. The topological polar surface area (TPSA) is 51.2 Å². The van der Waals surface area contributed by atoms with Crippen molar-refractivity contribution in [1.82, 2.24) is 10.3 Å². The summed E-state index contributed by atoms with van der Waals surface area (Å²) in [4.78, 5) is 16.5. The minimum atomic E-state index is -0.0342. The lowest BCUT2D eigenvalue weighted by atomic mass is 10.1. The van der Waals surface area contributed by atoms with E-state index in [0.29, 0.717) is 12.1 Å². The first-order valence-electron chi connectivity index (χ1n) is 8.34. The number of hydrogen-bond acceptors (Lipinski definition) is 4. The molecule has 1 aliphatic rings. The zero-order chi connectivity index (χ0) is 16.6. The van der Waals surface area contributed by atoms with Crippen molar-refractivity contribution in [1.29, 1.82) is 0 Å². The standard InChI is InChI=1S/C19H22N2O2S/c22-19(21-13-17-5-2-4-12-23-17)16-9-7-15(8-10-16)14-24-18-6-1-3-11-20-18/h1,3,6-11,17H,2,4-5,12-14H2,(H,21,22). The van der Waals surface area contributed by atoms with Gasteiger partial charge in [0, 0.05) is 30.7 Å². The molecule has 4 nitrogen and oxygen atoms in total. The predicted molar refractivity (Wildman–Crippen MR) is 96.2 cm³/mol. The largest absolute Gasteiger partial charge is 0.376 e. The molecule has 5 heteroatoms. The first-order valence-corrected chi connectivity index (χ1v) is 9.32. The van der Waals surface area contributed by atoms with E-state index in [9.17, 15) is 4.79 Å². The fourth-order valence-electron chi connectivity index (χ4n) is 2.62. The number of ether oxygens (including phenoxy) is 1. The van der Waals surface area contributed by atoms with Gasteiger partial charge in [0.1, 0.15) is 0 Å². The van der Waals surface area contributed by atoms with E-state index in [4.69, 9.17) is 4.74 Å². The van der Waals surface area contributed by atoms with E-state index in [2.05, 4.69) is 10.3 Å². The fourth-order valence-corrected chi connectivity index (χ4v) is 3.44. The number of thioether (sulfide) groups is 1. The van der Waals surface area contributed by atoms with Gasteiger partial charge in [0.05, 0.1) is 11.1 Å². The Labute approximate surface area is 147 Å². The van der Waals surface area contributed by atoms with Crippen molar-refractivity contribution >= 4 is 17.7 Å². The quantitative estimate of drug-likeness (QED) is 0.814. The molecular weight excluding hydrogens is 320 g/mol. The number of nitrogens with zero attached hydrogens (tertiary/aromatic N) is 1. The molecule has 2 heterocycles. The zero-order valence-electron chi connectivity index (χ0n) is 13.6. The molecule has 1 amide bonds. The number of benzene rings is 1. The Morgan fingerprint density at radius 1 is 1.21 bits per heavy atom. The minimum Gasteiger partial charge on any atom is -0.376 e. The number of pyridine rings is 1. The van der Waals surface area contributed by atoms with E-state index in [0.717, 1.165) is 30.2 Å². The second kappa shape index (κ2) is 8.85. The van der Waals surface area contributed by atoms with Crippen molar-refractivity contribution in [3.63, 3.8) is 0 Å². The van der Waals surface area contributed by atoms with Crippen molar-refractivity contribution in [2.24, 2.45) is 0 Å². The van der Waals surface area contributed by atoms with Crippen LogP contribution in [0.5, 0.6) is 0 Å². The summed E-state index contributed by atoms with van der Waals surface area (Å²) in [7, 11) is 0. The first-order chi connectivity index (χ1) is 11.8. The molecule has 0 aliphatic carbocycles. The van der Waals surface area contributed by atoms with Crippen molar-refractivity contribution in [3.05, 3.63) is 59.8 Å². The third-order valence-corrected chi connectivity index (χ3v) is 5.02. The third kappa shape index (κ3) is 5.08. The van der Waals surface area contributed by atoms with E-state index >= 15 is 0 Å². The SMILES string of the molecule is O=C(NCC1CCCCO1)c1ccc(CSc2ccccn2)cc1. The van der Waals surface area contributed by atoms with Gasteiger partial charge in [0.2, 0.25) is 0 Å². The van der Waals surface area contributed by atoms with Gasteiger partial charge < -0.3 is 10.1 Å². The smallest absolute Gasteiger partial charge is 0.251 e. The van der Waals surface area contributed by atoms with Gasteiger partial charge in [0.15, 0.2) is 0 Å². The van der Waals surface area contributed by atoms with Gasteiger partial charge in [-0.3, -0.25) is 4.79 Å². The van der Waals surface area contributed by atoms with Gasteiger partial charge in [-0.1, -0.05) is 18.2 Å². The van der Waals surface area contributed by atoms with Crippen LogP contribution in [0.2, 0.25) is 0 Å². The summed E-state index contributed by atoms with van der Waals surface area (Å²) in [5, 5.41) is 3.97. The Morgan fingerprint density at radius 2 is 2.08 bits per heavy atom. The molecule has 126 valence electrons. The molecule has 1 aliphatic heterocycles. The second-order valence-electron chi connectivity index (χ2n) is 5.85. The van der Waals surface area contributed by atoms with Crippen LogP contribution in [-0.4, -0.2) is 30.1 Å². The molecule has 1 aromatic carbocycles. The normalized spacial score (nSPS) is 17.4. The molecule has 1 unspecified atom stereocenters. The number of rotatable bonds is 6. The maximum atomic E-state index is 12.2. The number of carbonyl (C=O) groups is 1. The average molecular weight is 342 g/mol. The van der Waals surface area contributed by atoms with Crippen LogP contribution in [0.1, 0.15) is 35.2 Å². The second-order valence-corrected chi connectivity index (χ2v) is 6.85. The minimum absolute atomic E-state index is 0.0342. The number of nitrogens with one attached hydrogen (secondary N) is 1. The Balaban J connectivity index is 1.47. The van der Waals surface area contributed by atoms with Crippen LogP contribution >= 0.6 is 11.8 Å². The molecule has 24 heavy (non-hydrogen) atoms. The van der Waals surface area contributed by atoms with Crippen LogP contribution in [0.4, 0.5) is 0 Å². The highest BCUT2D eigenvalue weighted by molar-refractivity contribution is 7.98. The van der Waals surface area contributed by atoms with Gasteiger partial charge in [-0.25, -0.2) is 4.98 Å². The molecule has 0 spiro atoms. The molecule has 3 rings (SSSR count). The first kappa shape index (κ1) is 17.0. The Morgan fingerprint density at radius 3 is 2.79 bits per heavy atom. The highest BCUT2D eigenvalue weighted by atomic mass is 32.2. The molecule has 1 N–H and O–H groups in total. The Bertz CT molecular complexity index is 640. The molecule has 0 radical (unpaired) electrons. The van der Waals surface area contributed by atoms with Crippen molar-refractivity contribution in [2.45, 2.75) is 36.1 Å². The van der Waals surface area contributed by atoms with Crippen LogP contribution < -0.4 is 5.32 Å². The summed E-state index contributed by atoms with van der Waals surface area (Å²) in [6.45, 7) is 1.40. The fraction of sp³-hybridized carbons (Fsp3) is 0.368. The van der Waals surface area contributed by atoms with Crippen molar-refractivity contribution in [2.75, 3.05) is 13.2 Å². The third-order valence-electron chi connectivity index (χ3n) is 4.00. The summed E-state index contributed by atoms with van der Waals surface area (Å²) < 4.78 is 5.63. The van der Waals surface area contributed by atoms with Gasteiger partial charge >= 0.3 is 0 Å². The van der Waals surface area contributed by atoms with E-state index in [1.807, 2.05) is 42.5 Å². The number of amides is 1. The molecule has 1 atom stereocenters. The number of aromatic nitrogens is 1.